The van der Waals surface area contributed by atoms with E-state index in [0.717, 1.165) is 6.07 Å². The summed E-state index contributed by atoms with van der Waals surface area (Å²) in [4.78, 5) is 15.4. The Bertz CT molecular complexity index is 573. The Balaban J connectivity index is 2.28. The van der Waals surface area contributed by atoms with Crippen LogP contribution >= 0.6 is 34.7 Å². The molecule has 0 spiro atoms. The number of benzene rings is 1. The monoisotopic (exact) mass is 289 g/mol. The zero-order valence-corrected chi connectivity index (χ0v) is 10.6. The summed E-state index contributed by atoms with van der Waals surface area (Å²) in [6.07, 6.45) is 0. The first-order valence-electron chi connectivity index (χ1n) is 4.38. The molecule has 1 heterocycles. The lowest BCUT2D eigenvalue weighted by Gasteiger charge is -2.01. The molecule has 2 aromatic rings. The second kappa shape index (κ2) is 5.03. The highest BCUT2D eigenvalue weighted by Crippen LogP contribution is 2.32. The summed E-state index contributed by atoms with van der Waals surface area (Å²) in [5.41, 5.74) is -0.349. The third-order valence-electron chi connectivity index (χ3n) is 1.83. The fraction of sp³-hybridized carbons (Fsp3) is 0. The zero-order chi connectivity index (χ0) is 12.4. The van der Waals surface area contributed by atoms with Crippen LogP contribution in [0.4, 0.5) is 4.39 Å². The molecular weight excluding hydrogens is 285 g/mol. The van der Waals surface area contributed by atoms with Crippen molar-refractivity contribution in [3.63, 3.8) is 0 Å². The predicted octanol–water partition coefficient (Wildman–Crippen LogP) is 3.79. The smallest absolute Gasteiger partial charge is 0.338 e. The molecule has 0 amide bonds. The lowest BCUT2D eigenvalue weighted by Crippen LogP contribution is -2.00. The fourth-order valence-corrected chi connectivity index (χ4v) is 3.12. The van der Waals surface area contributed by atoms with E-state index in [1.807, 2.05) is 0 Å². The molecule has 0 atom stereocenters. The Kier molecular flexibility index (Phi) is 3.66. The van der Waals surface area contributed by atoms with Crippen molar-refractivity contribution in [3.8, 4) is 0 Å². The van der Waals surface area contributed by atoms with E-state index in [9.17, 15) is 9.18 Å². The topological polar surface area (TPSA) is 50.2 Å². The van der Waals surface area contributed by atoms with Crippen LogP contribution in [0.25, 0.3) is 0 Å². The highest BCUT2D eigenvalue weighted by Gasteiger charge is 2.12. The number of nitrogens with zero attached hydrogens (tertiary/aromatic N) is 1. The van der Waals surface area contributed by atoms with Crippen LogP contribution in [0.3, 0.4) is 0 Å². The van der Waals surface area contributed by atoms with Gasteiger partial charge in [-0.3, -0.25) is 0 Å². The van der Waals surface area contributed by atoms with Crippen LogP contribution in [0.1, 0.15) is 10.4 Å². The first kappa shape index (κ1) is 12.3. The van der Waals surface area contributed by atoms with Gasteiger partial charge in [-0.2, -0.15) is 0 Å². The van der Waals surface area contributed by atoms with E-state index in [1.165, 1.54) is 35.2 Å². The van der Waals surface area contributed by atoms with Gasteiger partial charge in [0.2, 0.25) is 0 Å². The predicted molar refractivity (Wildman–Crippen MR) is 64.6 cm³/mol. The average molecular weight is 290 g/mol. The summed E-state index contributed by atoms with van der Waals surface area (Å²) in [5.74, 6) is -2.04. The maximum atomic E-state index is 13.1. The van der Waals surface area contributed by atoms with Gasteiger partial charge in [-0.25, -0.2) is 14.2 Å². The molecule has 0 fully saturated rings. The standard InChI is InChI=1S/C10H5ClFNO2S2/c11-8-4-16-10(13-8)17-5-1-2-7(12)6(3-5)9(14)15/h1-4H,(H,14,15). The van der Waals surface area contributed by atoms with Crippen LogP contribution in [0.15, 0.2) is 32.8 Å². The number of hydrogen-bond acceptors (Lipinski definition) is 4. The largest absolute Gasteiger partial charge is 0.478 e. The van der Waals surface area contributed by atoms with E-state index in [1.54, 1.807) is 5.38 Å². The molecule has 0 aliphatic heterocycles. The van der Waals surface area contributed by atoms with E-state index < -0.39 is 11.8 Å². The Morgan fingerprint density at radius 1 is 1.53 bits per heavy atom. The lowest BCUT2D eigenvalue weighted by atomic mass is 10.2. The molecule has 88 valence electrons. The van der Waals surface area contributed by atoms with Crippen molar-refractivity contribution in [2.45, 2.75) is 9.24 Å². The van der Waals surface area contributed by atoms with E-state index in [0.29, 0.717) is 14.4 Å². The van der Waals surface area contributed by atoms with Crippen molar-refractivity contribution in [3.05, 3.63) is 40.1 Å². The molecule has 2 rings (SSSR count). The Morgan fingerprint density at radius 2 is 2.29 bits per heavy atom. The normalized spacial score (nSPS) is 10.5. The van der Waals surface area contributed by atoms with Gasteiger partial charge in [-0.05, 0) is 18.2 Å². The second-order valence-electron chi connectivity index (χ2n) is 2.99. The highest BCUT2D eigenvalue weighted by molar-refractivity contribution is 8.01. The number of carbonyl (C=O) groups is 1. The maximum absolute atomic E-state index is 13.1. The average Bonchev–Trinajstić information content (AvgIpc) is 2.66. The van der Waals surface area contributed by atoms with Crippen molar-refractivity contribution in [1.82, 2.24) is 4.98 Å². The molecule has 0 bridgehead atoms. The highest BCUT2D eigenvalue weighted by atomic mass is 35.5. The SMILES string of the molecule is O=C(O)c1cc(Sc2nc(Cl)cs2)ccc1F. The Morgan fingerprint density at radius 3 is 2.88 bits per heavy atom. The molecule has 7 heteroatoms. The minimum atomic E-state index is -1.29. The number of carboxylic acid groups (broad SMARTS) is 1. The summed E-state index contributed by atoms with van der Waals surface area (Å²) < 4.78 is 13.8. The molecule has 1 N–H and O–H groups in total. The number of carboxylic acids is 1. The minimum absolute atomic E-state index is 0.349. The van der Waals surface area contributed by atoms with Crippen LogP contribution in [0.5, 0.6) is 0 Å². The van der Waals surface area contributed by atoms with Crippen LogP contribution in [0.2, 0.25) is 5.15 Å². The van der Waals surface area contributed by atoms with Crippen molar-refractivity contribution in [1.29, 1.82) is 0 Å². The van der Waals surface area contributed by atoms with Crippen molar-refractivity contribution >= 4 is 40.7 Å². The van der Waals surface area contributed by atoms with Crippen molar-refractivity contribution in [2.24, 2.45) is 0 Å². The van der Waals surface area contributed by atoms with Gasteiger partial charge >= 0.3 is 5.97 Å². The molecule has 0 aliphatic rings. The quantitative estimate of drug-likeness (QED) is 0.934. The summed E-state index contributed by atoms with van der Waals surface area (Å²) in [5, 5.41) is 10.8. The van der Waals surface area contributed by atoms with Gasteiger partial charge in [-0.1, -0.05) is 23.4 Å². The summed E-state index contributed by atoms with van der Waals surface area (Å²) in [7, 11) is 0. The fourth-order valence-electron chi connectivity index (χ4n) is 1.12. The van der Waals surface area contributed by atoms with Crippen LogP contribution in [-0.4, -0.2) is 16.1 Å². The van der Waals surface area contributed by atoms with Gasteiger partial charge in [0.25, 0.3) is 0 Å². The maximum Gasteiger partial charge on any atom is 0.338 e. The third-order valence-corrected chi connectivity index (χ3v) is 4.08. The first-order chi connectivity index (χ1) is 8.06. The van der Waals surface area contributed by atoms with Gasteiger partial charge in [-0.15, -0.1) is 11.3 Å². The van der Waals surface area contributed by atoms with E-state index in [4.69, 9.17) is 16.7 Å². The molecular formula is C10H5ClFNO2S2. The van der Waals surface area contributed by atoms with Gasteiger partial charge in [0, 0.05) is 10.3 Å². The number of aromatic carboxylic acids is 1. The van der Waals surface area contributed by atoms with E-state index in [-0.39, 0.29) is 5.56 Å². The Labute approximate surface area is 109 Å². The molecule has 0 radical (unpaired) electrons. The van der Waals surface area contributed by atoms with Crippen molar-refractivity contribution < 1.29 is 14.3 Å². The minimum Gasteiger partial charge on any atom is -0.478 e. The summed E-state index contributed by atoms with van der Waals surface area (Å²) in [6.45, 7) is 0. The van der Waals surface area contributed by atoms with E-state index >= 15 is 0 Å². The zero-order valence-electron chi connectivity index (χ0n) is 8.18. The van der Waals surface area contributed by atoms with Crippen molar-refractivity contribution in [2.75, 3.05) is 0 Å². The second-order valence-corrected chi connectivity index (χ2v) is 5.55. The molecule has 17 heavy (non-hydrogen) atoms. The molecule has 1 aromatic heterocycles. The number of aromatic nitrogens is 1. The van der Waals surface area contributed by atoms with Crippen LogP contribution in [0, 0.1) is 5.82 Å². The van der Waals surface area contributed by atoms with Gasteiger partial charge in [0.05, 0.1) is 5.56 Å². The third kappa shape index (κ3) is 2.96. The number of halogens is 2. The molecule has 3 nitrogen and oxygen atoms in total. The summed E-state index contributed by atoms with van der Waals surface area (Å²) >= 11 is 8.25. The summed E-state index contributed by atoms with van der Waals surface area (Å²) in [6, 6.07) is 3.90. The Hall–Kier alpha value is -1.11. The van der Waals surface area contributed by atoms with Gasteiger partial charge < -0.3 is 5.11 Å². The number of hydrogen-bond donors (Lipinski definition) is 1. The van der Waals surface area contributed by atoms with Crippen LogP contribution in [-0.2, 0) is 0 Å². The number of rotatable bonds is 3. The molecule has 0 unspecified atom stereocenters. The van der Waals surface area contributed by atoms with Gasteiger partial charge in [0.15, 0.2) is 4.34 Å². The molecule has 0 aliphatic carbocycles. The molecule has 0 saturated carbocycles. The number of thiazole rings is 1. The van der Waals surface area contributed by atoms with Gasteiger partial charge in [0.1, 0.15) is 11.0 Å². The van der Waals surface area contributed by atoms with E-state index in [2.05, 4.69) is 4.98 Å². The van der Waals surface area contributed by atoms with Crippen LogP contribution < -0.4 is 0 Å². The molecule has 1 aromatic carbocycles. The lowest BCUT2D eigenvalue weighted by molar-refractivity contribution is 0.0691. The molecule has 0 saturated heterocycles. The first-order valence-corrected chi connectivity index (χ1v) is 6.45.